The van der Waals surface area contributed by atoms with Gasteiger partial charge in [-0.25, -0.2) is 0 Å². The minimum Gasteiger partial charge on any atom is -0.508 e. The highest BCUT2D eigenvalue weighted by molar-refractivity contribution is 6.99. The molecule has 2 nitrogen and oxygen atoms in total. The molecule has 2 saturated carbocycles. The first-order chi connectivity index (χ1) is 19.2. The monoisotopic (exact) mass is 552 g/mol. The van der Waals surface area contributed by atoms with Gasteiger partial charge in [-0.1, -0.05) is 101 Å². The van der Waals surface area contributed by atoms with Gasteiger partial charge in [-0.2, -0.15) is 0 Å². The van der Waals surface area contributed by atoms with E-state index < -0.39 is 8.32 Å². The van der Waals surface area contributed by atoms with Crippen LogP contribution in [0.5, 0.6) is 5.75 Å². The molecule has 0 saturated heterocycles. The Labute approximate surface area is 243 Å². The minimum atomic E-state index is -2.53. The highest BCUT2D eigenvalue weighted by Gasteiger charge is 2.56. The van der Waals surface area contributed by atoms with Gasteiger partial charge < -0.3 is 9.53 Å². The molecule has 2 fully saturated rings. The highest BCUT2D eigenvalue weighted by Crippen LogP contribution is 2.63. The van der Waals surface area contributed by atoms with Gasteiger partial charge in [0.2, 0.25) is 0 Å². The van der Waals surface area contributed by atoms with Gasteiger partial charge in [-0.15, -0.1) is 0 Å². The number of benzene rings is 3. The lowest BCUT2D eigenvalue weighted by Gasteiger charge is -2.52. The van der Waals surface area contributed by atoms with Crippen LogP contribution in [-0.2, 0) is 17.3 Å². The Kier molecular flexibility index (Phi) is 7.28. The van der Waals surface area contributed by atoms with Crippen LogP contribution in [0.25, 0.3) is 0 Å². The molecule has 0 bridgehead atoms. The number of hydrogen-bond donors (Lipinski definition) is 1. The van der Waals surface area contributed by atoms with E-state index in [0.717, 1.165) is 36.8 Å². The average Bonchev–Trinajstić information content (AvgIpc) is 3.29. The van der Waals surface area contributed by atoms with Crippen molar-refractivity contribution in [2.24, 2.45) is 23.2 Å². The molecule has 3 aliphatic carbocycles. The van der Waals surface area contributed by atoms with E-state index in [1.54, 1.807) is 5.56 Å². The zero-order chi connectivity index (χ0) is 28.1. The number of rotatable bonds is 6. The van der Waals surface area contributed by atoms with Crippen molar-refractivity contribution >= 4 is 18.7 Å². The molecular formula is C37H48O2Si. The molecule has 40 heavy (non-hydrogen) atoms. The number of hydrogen-bond acceptors (Lipinski definition) is 2. The summed E-state index contributed by atoms with van der Waals surface area (Å²) in [6.07, 6.45) is 8.46. The lowest BCUT2D eigenvalue weighted by atomic mass is 9.54. The Morgan fingerprint density at radius 1 is 0.900 bits per heavy atom. The van der Waals surface area contributed by atoms with Crippen LogP contribution in [-0.4, -0.2) is 20.0 Å². The van der Waals surface area contributed by atoms with Crippen molar-refractivity contribution in [2.75, 3.05) is 6.61 Å². The largest absolute Gasteiger partial charge is 0.508 e. The summed E-state index contributed by atoms with van der Waals surface area (Å²) in [6, 6.07) is 26.7. The van der Waals surface area contributed by atoms with Gasteiger partial charge in [0, 0.05) is 6.61 Å². The molecule has 1 N–H and O–H groups in total. The number of phenols is 1. The van der Waals surface area contributed by atoms with Crippen LogP contribution in [0.3, 0.4) is 0 Å². The van der Waals surface area contributed by atoms with Crippen LogP contribution in [0.1, 0.15) is 89.3 Å². The second-order valence-corrected chi connectivity index (χ2v) is 18.5. The summed E-state index contributed by atoms with van der Waals surface area (Å²) >= 11 is 0. The van der Waals surface area contributed by atoms with Gasteiger partial charge in [0.25, 0.3) is 8.32 Å². The third-order valence-corrected chi connectivity index (χ3v) is 16.4. The number of fused-ring (bicyclic) bond motifs is 5. The second kappa shape index (κ2) is 10.5. The van der Waals surface area contributed by atoms with Crippen molar-refractivity contribution in [3.05, 3.63) is 89.5 Å². The molecular weight excluding hydrogens is 504 g/mol. The molecule has 0 spiro atoms. The maximum absolute atomic E-state index is 10.5. The van der Waals surface area contributed by atoms with Gasteiger partial charge in [-0.05, 0) is 112 Å². The third-order valence-electron chi connectivity index (χ3n) is 11.4. The fourth-order valence-electron chi connectivity index (χ4n) is 9.31. The molecule has 3 heteroatoms. The summed E-state index contributed by atoms with van der Waals surface area (Å²) in [4.78, 5) is 0. The van der Waals surface area contributed by atoms with Crippen molar-refractivity contribution in [1.82, 2.24) is 0 Å². The maximum atomic E-state index is 10.5. The highest BCUT2D eigenvalue weighted by atomic mass is 28.4. The van der Waals surface area contributed by atoms with E-state index in [-0.39, 0.29) is 5.04 Å². The normalized spacial score (nSPS) is 28.0. The number of phenolic OH excluding ortho intramolecular Hbond substituents is 1. The van der Waals surface area contributed by atoms with Crippen molar-refractivity contribution < 1.29 is 9.53 Å². The Morgan fingerprint density at radius 2 is 1.55 bits per heavy atom. The Balaban J connectivity index is 1.29. The minimum absolute atomic E-state index is 0.0158. The average molecular weight is 553 g/mol. The second-order valence-electron chi connectivity index (χ2n) is 14.2. The molecule has 0 amide bonds. The molecule has 3 aliphatic rings. The summed E-state index contributed by atoms with van der Waals surface area (Å²) in [5.74, 6) is 3.29. The maximum Gasteiger partial charge on any atom is 0.261 e. The number of aromatic hydroxyl groups is 1. The van der Waals surface area contributed by atoms with E-state index in [0.29, 0.717) is 23.0 Å². The summed E-state index contributed by atoms with van der Waals surface area (Å²) in [5, 5.41) is 13.3. The first-order valence-electron chi connectivity index (χ1n) is 15.8. The first-order valence-corrected chi connectivity index (χ1v) is 17.7. The summed E-state index contributed by atoms with van der Waals surface area (Å²) in [6.45, 7) is 12.8. The van der Waals surface area contributed by atoms with E-state index in [9.17, 15) is 5.11 Å². The van der Waals surface area contributed by atoms with Crippen LogP contribution in [0.2, 0.25) is 5.04 Å². The van der Waals surface area contributed by atoms with E-state index in [4.69, 9.17) is 4.43 Å². The fraction of sp³-hybridized carbons (Fsp3) is 0.514. The molecule has 0 unspecified atom stereocenters. The van der Waals surface area contributed by atoms with Gasteiger partial charge in [0.1, 0.15) is 5.75 Å². The molecule has 0 aliphatic heterocycles. The third kappa shape index (κ3) is 4.39. The van der Waals surface area contributed by atoms with E-state index in [2.05, 4.69) is 107 Å². The predicted molar refractivity (Wildman–Crippen MR) is 169 cm³/mol. The van der Waals surface area contributed by atoms with Crippen LogP contribution in [0.15, 0.2) is 72.8 Å². The molecule has 3 aromatic rings. The molecule has 5 atom stereocenters. The van der Waals surface area contributed by atoms with Crippen LogP contribution < -0.4 is 10.4 Å². The van der Waals surface area contributed by atoms with Crippen molar-refractivity contribution in [3.8, 4) is 5.75 Å². The summed E-state index contributed by atoms with van der Waals surface area (Å²) in [5.41, 5.74) is 4.43. The summed E-state index contributed by atoms with van der Waals surface area (Å²) < 4.78 is 7.51. The van der Waals surface area contributed by atoms with Crippen LogP contribution in [0, 0.1) is 23.2 Å². The Bertz CT molecular complexity index is 1290. The zero-order valence-corrected chi connectivity index (χ0v) is 26.2. The van der Waals surface area contributed by atoms with Gasteiger partial charge >= 0.3 is 0 Å². The van der Waals surface area contributed by atoms with Gasteiger partial charge in [0.05, 0.1) is 0 Å². The topological polar surface area (TPSA) is 29.5 Å². The van der Waals surface area contributed by atoms with Crippen molar-refractivity contribution in [3.63, 3.8) is 0 Å². The summed E-state index contributed by atoms with van der Waals surface area (Å²) in [7, 11) is -2.53. The molecule has 0 aromatic heterocycles. The van der Waals surface area contributed by atoms with Gasteiger partial charge in [-0.3, -0.25) is 0 Å². The molecule has 3 aromatic carbocycles. The molecule has 0 radical (unpaired) electrons. The van der Waals surface area contributed by atoms with Crippen LogP contribution in [0.4, 0.5) is 0 Å². The smallest absolute Gasteiger partial charge is 0.261 e. The van der Waals surface area contributed by atoms with Crippen molar-refractivity contribution in [1.29, 1.82) is 0 Å². The first kappa shape index (κ1) is 27.8. The van der Waals surface area contributed by atoms with Crippen LogP contribution >= 0.6 is 0 Å². The molecule has 0 heterocycles. The zero-order valence-electron chi connectivity index (χ0n) is 25.2. The molecule has 6 rings (SSSR count). The predicted octanol–water partition coefficient (Wildman–Crippen LogP) is 8.00. The lowest BCUT2D eigenvalue weighted by Crippen LogP contribution is -2.67. The quantitative estimate of drug-likeness (QED) is 0.314. The van der Waals surface area contributed by atoms with E-state index in [1.165, 1.54) is 48.0 Å². The van der Waals surface area contributed by atoms with Gasteiger partial charge in [0.15, 0.2) is 0 Å². The molecule has 212 valence electrons. The SMILES string of the molecule is CCc1cc2c(cc1O)CC[C@@H]1[C@@H]2CC[C@]2(C)[C@@H](CO[Si](c3ccccc3)(c3ccccc3)C(C)(C)C)CC[C@@H]12. The Hall–Kier alpha value is -2.36. The van der Waals surface area contributed by atoms with E-state index >= 15 is 0 Å². The Morgan fingerprint density at radius 3 is 2.15 bits per heavy atom. The van der Waals surface area contributed by atoms with Crippen molar-refractivity contribution in [2.45, 2.75) is 90.5 Å². The fourth-order valence-corrected chi connectivity index (χ4v) is 13.9. The standard InChI is InChI=1S/C37H48O2Si/c1-6-26-23-33-27(24-35(26)38)17-19-32-31(33)21-22-37(5)28(18-20-34(32)37)25-39-40(36(2,3)4,29-13-9-7-10-14-29)30-15-11-8-12-16-30/h7-16,23-24,28,31-32,34,38H,6,17-22,25H2,1-5H3/t28-,31+,32-,34+,37-/m1/s1. The number of aryl methyl sites for hydroxylation is 2. The lowest BCUT2D eigenvalue weighted by molar-refractivity contribution is 0.0120. The van der Waals surface area contributed by atoms with E-state index in [1.807, 2.05) is 0 Å².